The topological polar surface area (TPSA) is 64.9 Å². The Morgan fingerprint density at radius 1 is 1.48 bits per heavy atom. The molecule has 0 aliphatic carbocycles. The van der Waals surface area contributed by atoms with Gasteiger partial charge in [0.1, 0.15) is 17.2 Å². The number of nitriles is 1. The molecule has 0 aliphatic heterocycles. The van der Waals surface area contributed by atoms with Crippen LogP contribution in [0, 0.1) is 28.9 Å². The lowest BCUT2D eigenvalue weighted by atomic mass is 9.90. The molecule has 1 rings (SSSR count). The average Bonchev–Trinajstić information content (AvgIpc) is 2.36. The van der Waals surface area contributed by atoms with Crippen LogP contribution in [0.4, 0.5) is 14.5 Å². The fourth-order valence-electron chi connectivity index (χ4n) is 1.51. The minimum atomic E-state index is -1.00. The number of anilines is 1. The summed E-state index contributed by atoms with van der Waals surface area (Å²) in [4.78, 5) is 11.8. The highest BCUT2D eigenvalue weighted by molar-refractivity contribution is 9.10. The Bertz CT molecular complexity index is 563. The summed E-state index contributed by atoms with van der Waals surface area (Å²) in [7, 11) is 0. The molecule has 0 saturated heterocycles. The van der Waals surface area contributed by atoms with Crippen molar-refractivity contribution >= 4 is 27.5 Å². The number of rotatable bonds is 5. The van der Waals surface area contributed by atoms with Gasteiger partial charge < -0.3 is 10.6 Å². The summed E-state index contributed by atoms with van der Waals surface area (Å²) in [6.07, 6.45) is 0. The zero-order valence-corrected chi connectivity index (χ0v) is 13.5. The highest BCUT2D eigenvalue weighted by Gasteiger charge is 2.29. The van der Waals surface area contributed by atoms with Crippen LogP contribution in [0.1, 0.15) is 20.8 Å². The first kappa shape index (κ1) is 17.4. The molecule has 0 saturated carbocycles. The zero-order chi connectivity index (χ0) is 16.2. The molecule has 0 radical (unpaired) electrons. The Morgan fingerprint density at radius 2 is 2.10 bits per heavy atom. The van der Waals surface area contributed by atoms with E-state index in [2.05, 4.69) is 26.6 Å². The van der Waals surface area contributed by atoms with E-state index >= 15 is 0 Å². The monoisotopic (exact) mass is 359 g/mol. The quantitative estimate of drug-likeness (QED) is 0.848. The standard InChI is InChI=1S/C14H16BrF2N3O/c1-8(2)14(3,7-18)20-12(21)6-19-13-10(15)4-9(16)5-11(13)17/h4-5,8,19H,6H2,1-3H3,(H,20,21)/t14-/m1/s1. The third kappa shape index (κ3) is 4.39. The molecule has 0 aliphatic rings. The largest absolute Gasteiger partial charge is 0.373 e. The van der Waals surface area contributed by atoms with Crippen molar-refractivity contribution in [3.8, 4) is 6.07 Å². The summed E-state index contributed by atoms with van der Waals surface area (Å²) in [5, 5.41) is 14.3. The van der Waals surface area contributed by atoms with Gasteiger partial charge in [0.2, 0.25) is 5.91 Å². The van der Waals surface area contributed by atoms with Gasteiger partial charge in [-0.05, 0) is 34.8 Å². The Labute approximate surface area is 130 Å². The Morgan fingerprint density at radius 3 is 2.57 bits per heavy atom. The molecule has 1 aromatic rings. The first-order chi connectivity index (χ1) is 9.69. The van der Waals surface area contributed by atoms with Crippen molar-refractivity contribution in [1.82, 2.24) is 5.32 Å². The SMILES string of the molecule is CC(C)[C@@](C)(C#N)NC(=O)CNc1c(F)cc(F)cc1Br. The first-order valence-corrected chi connectivity index (χ1v) is 7.09. The van der Waals surface area contributed by atoms with Crippen molar-refractivity contribution in [3.63, 3.8) is 0 Å². The van der Waals surface area contributed by atoms with E-state index in [0.717, 1.165) is 12.1 Å². The van der Waals surface area contributed by atoms with Crippen LogP contribution in [0.3, 0.4) is 0 Å². The summed E-state index contributed by atoms with van der Waals surface area (Å²) >= 11 is 3.02. The van der Waals surface area contributed by atoms with Gasteiger partial charge in [-0.25, -0.2) is 8.78 Å². The molecule has 7 heteroatoms. The van der Waals surface area contributed by atoms with Crippen LogP contribution in [0.25, 0.3) is 0 Å². The fraction of sp³-hybridized carbons (Fsp3) is 0.429. The second kappa shape index (κ2) is 6.85. The molecule has 0 unspecified atom stereocenters. The fourth-order valence-corrected chi connectivity index (χ4v) is 2.06. The molecular formula is C14H16BrF2N3O. The Balaban J connectivity index is 2.73. The third-order valence-electron chi connectivity index (χ3n) is 3.22. The maximum atomic E-state index is 13.6. The lowest BCUT2D eigenvalue weighted by Gasteiger charge is -2.27. The van der Waals surface area contributed by atoms with Gasteiger partial charge in [-0.15, -0.1) is 0 Å². The summed E-state index contributed by atoms with van der Waals surface area (Å²) < 4.78 is 26.7. The Kier molecular flexibility index (Phi) is 5.67. The van der Waals surface area contributed by atoms with Crippen LogP contribution in [0.2, 0.25) is 0 Å². The van der Waals surface area contributed by atoms with Crippen LogP contribution in [-0.2, 0) is 4.79 Å². The van der Waals surface area contributed by atoms with Crippen LogP contribution in [0.15, 0.2) is 16.6 Å². The van der Waals surface area contributed by atoms with Gasteiger partial charge in [-0.2, -0.15) is 5.26 Å². The molecule has 2 N–H and O–H groups in total. The normalized spacial score (nSPS) is 13.4. The number of benzene rings is 1. The van der Waals surface area contributed by atoms with Gasteiger partial charge in [-0.1, -0.05) is 13.8 Å². The predicted octanol–water partition coefficient (Wildman–Crippen LogP) is 3.19. The maximum absolute atomic E-state index is 13.6. The van der Waals surface area contributed by atoms with Gasteiger partial charge in [0.05, 0.1) is 18.3 Å². The number of carbonyl (C=O) groups is 1. The van der Waals surface area contributed by atoms with Gasteiger partial charge in [-0.3, -0.25) is 4.79 Å². The van der Waals surface area contributed by atoms with Crippen LogP contribution < -0.4 is 10.6 Å². The molecule has 0 spiro atoms. The molecule has 1 amide bonds. The number of carbonyl (C=O) groups excluding carboxylic acids is 1. The van der Waals surface area contributed by atoms with E-state index in [-0.39, 0.29) is 22.6 Å². The van der Waals surface area contributed by atoms with Crippen molar-refractivity contribution in [3.05, 3.63) is 28.2 Å². The molecule has 21 heavy (non-hydrogen) atoms. The van der Waals surface area contributed by atoms with Crippen LogP contribution in [0.5, 0.6) is 0 Å². The molecule has 0 bridgehead atoms. The van der Waals surface area contributed by atoms with Crippen molar-refractivity contribution in [1.29, 1.82) is 5.26 Å². The molecule has 1 aromatic carbocycles. The van der Waals surface area contributed by atoms with E-state index in [1.165, 1.54) is 0 Å². The van der Waals surface area contributed by atoms with Gasteiger partial charge in [0.25, 0.3) is 0 Å². The van der Waals surface area contributed by atoms with E-state index < -0.39 is 23.1 Å². The lowest BCUT2D eigenvalue weighted by molar-refractivity contribution is -0.121. The molecule has 0 fully saturated rings. The van der Waals surface area contributed by atoms with Gasteiger partial charge in [0, 0.05) is 10.5 Å². The lowest BCUT2D eigenvalue weighted by Crippen LogP contribution is -2.50. The number of hydrogen-bond acceptors (Lipinski definition) is 3. The third-order valence-corrected chi connectivity index (χ3v) is 3.84. The number of nitrogens with one attached hydrogen (secondary N) is 2. The second-order valence-electron chi connectivity index (χ2n) is 5.12. The van der Waals surface area contributed by atoms with E-state index in [0.29, 0.717) is 0 Å². The molecule has 114 valence electrons. The Hall–Kier alpha value is -1.68. The van der Waals surface area contributed by atoms with Gasteiger partial charge >= 0.3 is 0 Å². The first-order valence-electron chi connectivity index (χ1n) is 6.30. The molecule has 1 atom stereocenters. The van der Waals surface area contributed by atoms with Crippen molar-refractivity contribution < 1.29 is 13.6 Å². The number of amides is 1. The molecular weight excluding hydrogens is 344 g/mol. The number of nitrogens with zero attached hydrogens (tertiary/aromatic N) is 1. The molecule has 0 aromatic heterocycles. The summed E-state index contributed by atoms with van der Waals surface area (Å²) in [6.45, 7) is 5.01. The number of halogens is 3. The second-order valence-corrected chi connectivity index (χ2v) is 5.97. The van der Waals surface area contributed by atoms with E-state index in [1.807, 2.05) is 19.9 Å². The highest BCUT2D eigenvalue weighted by atomic mass is 79.9. The number of hydrogen-bond donors (Lipinski definition) is 2. The molecule has 4 nitrogen and oxygen atoms in total. The minimum Gasteiger partial charge on any atom is -0.373 e. The smallest absolute Gasteiger partial charge is 0.240 e. The summed E-state index contributed by atoms with van der Waals surface area (Å²) in [5.41, 5.74) is -1.01. The predicted molar refractivity (Wildman–Crippen MR) is 79.5 cm³/mol. The van der Waals surface area contributed by atoms with Crippen molar-refractivity contribution in [2.75, 3.05) is 11.9 Å². The maximum Gasteiger partial charge on any atom is 0.240 e. The zero-order valence-electron chi connectivity index (χ0n) is 11.9. The van der Waals surface area contributed by atoms with Crippen LogP contribution >= 0.6 is 15.9 Å². The van der Waals surface area contributed by atoms with E-state index in [4.69, 9.17) is 5.26 Å². The highest BCUT2D eigenvalue weighted by Crippen LogP contribution is 2.26. The van der Waals surface area contributed by atoms with E-state index in [9.17, 15) is 13.6 Å². The minimum absolute atomic E-state index is 0.00485. The average molecular weight is 360 g/mol. The van der Waals surface area contributed by atoms with E-state index in [1.54, 1.807) is 6.92 Å². The van der Waals surface area contributed by atoms with Gasteiger partial charge in [0.15, 0.2) is 0 Å². The molecule has 0 heterocycles. The summed E-state index contributed by atoms with van der Waals surface area (Å²) in [5.74, 6) is -2.06. The summed E-state index contributed by atoms with van der Waals surface area (Å²) in [6, 6.07) is 3.86. The van der Waals surface area contributed by atoms with Crippen molar-refractivity contribution in [2.45, 2.75) is 26.3 Å². The van der Waals surface area contributed by atoms with Crippen LogP contribution in [-0.4, -0.2) is 18.0 Å². The van der Waals surface area contributed by atoms with Crippen molar-refractivity contribution in [2.24, 2.45) is 5.92 Å².